The Morgan fingerprint density at radius 1 is 1.42 bits per heavy atom. The molecular weight excluding hydrogens is 150 g/mol. The Labute approximate surface area is 75.9 Å². The van der Waals surface area contributed by atoms with Crippen molar-refractivity contribution in [2.45, 2.75) is 26.4 Å². The molecule has 0 aliphatic carbocycles. The monoisotopic (exact) mass is 171 g/mol. The molecule has 0 spiro atoms. The van der Waals surface area contributed by atoms with Crippen LogP contribution in [0.1, 0.15) is 20.3 Å². The van der Waals surface area contributed by atoms with Gasteiger partial charge in [-0.3, -0.25) is 0 Å². The fourth-order valence-electron chi connectivity index (χ4n) is 2.10. The first-order chi connectivity index (χ1) is 5.65. The molecule has 0 aromatic rings. The SMILES string of the molecule is COC1CN(C)CCC1C(C)C. The highest BCUT2D eigenvalue weighted by Gasteiger charge is 2.29. The molecule has 1 heterocycles. The van der Waals surface area contributed by atoms with Crippen LogP contribution in [0.5, 0.6) is 0 Å². The van der Waals surface area contributed by atoms with Crippen molar-refractivity contribution in [2.75, 3.05) is 27.2 Å². The molecule has 2 heteroatoms. The lowest BCUT2D eigenvalue weighted by atomic mass is 9.84. The van der Waals surface area contributed by atoms with E-state index in [1.807, 2.05) is 7.11 Å². The Morgan fingerprint density at radius 3 is 2.58 bits per heavy atom. The third kappa shape index (κ3) is 2.20. The van der Waals surface area contributed by atoms with Crippen molar-refractivity contribution < 1.29 is 4.74 Å². The van der Waals surface area contributed by atoms with E-state index >= 15 is 0 Å². The predicted octanol–water partition coefficient (Wildman–Crippen LogP) is 1.61. The van der Waals surface area contributed by atoms with Crippen molar-refractivity contribution in [1.82, 2.24) is 4.90 Å². The van der Waals surface area contributed by atoms with Gasteiger partial charge < -0.3 is 9.64 Å². The van der Waals surface area contributed by atoms with E-state index in [2.05, 4.69) is 25.8 Å². The molecular formula is C10H21NO. The van der Waals surface area contributed by atoms with E-state index in [4.69, 9.17) is 4.74 Å². The second-order valence-corrected chi connectivity index (χ2v) is 4.23. The Balaban J connectivity index is 2.50. The smallest absolute Gasteiger partial charge is 0.0729 e. The van der Waals surface area contributed by atoms with Gasteiger partial charge in [-0.25, -0.2) is 0 Å². The van der Waals surface area contributed by atoms with Crippen molar-refractivity contribution in [1.29, 1.82) is 0 Å². The Kier molecular flexibility index (Phi) is 3.53. The molecule has 1 fully saturated rings. The van der Waals surface area contributed by atoms with Gasteiger partial charge in [0, 0.05) is 13.7 Å². The van der Waals surface area contributed by atoms with Crippen LogP contribution < -0.4 is 0 Å². The number of ether oxygens (including phenoxy) is 1. The highest BCUT2D eigenvalue weighted by molar-refractivity contribution is 4.81. The van der Waals surface area contributed by atoms with Crippen LogP contribution in [0.2, 0.25) is 0 Å². The summed E-state index contributed by atoms with van der Waals surface area (Å²) >= 11 is 0. The van der Waals surface area contributed by atoms with Gasteiger partial charge in [0.2, 0.25) is 0 Å². The van der Waals surface area contributed by atoms with Gasteiger partial charge in [-0.05, 0) is 31.8 Å². The largest absolute Gasteiger partial charge is 0.380 e. The summed E-state index contributed by atoms with van der Waals surface area (Å²) in [5.74, 6) is 1.51. The van der Waals surface area contributed by atoms with Crippen LogP contribution in [-0.4, -0.2) is 38.3 Å². The Bertz CT molecular complexity index is 136. The maximum Gasteiger partial charge on any atom is 0.0729 e. The lowest BCUT2D eigenvalue weighted by Gasteiger charge is -2.37. The summed E-state index contributed by atoms with van der Waals surface area (Å²) in [4.78, 5) is 2.35. The van der Waals surface area contributed by atoms with E-state index < -0.39 is 0 Å². The third-order valence-corrected chi connectivity index (χ3v) is 2.97. The topological polar surface area (TPSA) is 12.5 Å². The first-order valence-electron chi connectivity index (χ1n) is 4.86. The number of piperidine rings is 1. The minimum atomic E-state index is 0.448. The summed E-state index contributed by atoms with van der Waals surface area (Å²) in [5.41, 5.74) is 0. The third-order valence-electron chi connectivity index (χ3n) is 2.97. The van der Waals surface area contributed by atoms with Crippen LogP contribution in [0.25, 0.3) is 0 Å². The lowest BCUT2D eigenvalue weighted by Crippen LogP contribution is -2.44. The van der Waals surface area contributed by atoms with Crippen LogP contribution in [0.3, 0.4) is 0 Å². The number of hydrogen-bond donors (Lipinski definition) is 0. The summed E-state index contributed by atoms with van der Waals surface area (Å²) in [6.07, 6.45) is 1.73. The first kappa shape index (κ1) is 10.0. The van der Waals surface area contributed by atoms with Gasteiger partial charge in [-0.1, -0.05) is 13.8 Å². The molecule has 12 heavy (non-hydrogen) atoms. The number of likely N-dealkylation sites (N-methyl/N-ethyl adjacent to an activating group) is 1. The number of likely N-dealkylation sites (tertiary alicyclic amines) is 1. The van der Waals surface area contributed by atoms with Gasteiger partial charge in [0.1, 0.15) is 0 Å². The van der Waals surface area contributed by atoms with Gasteiger partial charge >= 0.3 is 0 Å². The van der Waals surface area contributed by atoms with Crippen molar-refractivity contribution in [3.63, 3.8) is 0 Å². The predicted molar refractivity (Wildman–Crippen MR) is 51.2 cm³/mol. The van der Waals surface area contributed by atoms with Crippen LogP contribution in [0.4, 0.5) is 0 Å². The normalized spacial score (nSPS) is 32.8. The number of methoxy groups -OCH3 is 1. The van der Waals surface area contributed by atoms with Gasteiger partial charge in [0.05, 0.1) is 6.10 Å². The molecule has 1 saturated heterocycles. The van der Waals surface area contributed by atoms with Crippen LogP contribution in [0.15, 0.2) is 0 Å². The molecule has 2 unspecified atom stereocenters. The summed E-state index contributed by atoms with van der Waals surface area (Å²) in [7, 11) is 4.00. The molecule has 0 N–H and O–H groups in total. The minimum Gasteiger partial charge on any atom is -0.380 e. The number of nitrogens with zero attached hydrogens (tertiary/aromatic N) is 1. The second kappa shape index (κ2) is 4.24. The molecule has 0 bridgehead atoms. The van der Waals surface area contributed by atoms with Crippen molar-refractivity contribution >= 4 is 0 Å². The maximum absolute atomic E-state index is 5.49. The maximum atomic E-state index is 5.49. The van der Waals surface area contributed by atoms with Gasteiger partial charge in [0.15, 0.2) is 0 Å². The van der Waals surface area contributed by atoms with Gasteiger partial charge in [-0.2, -0.15) is 0 Å². The molecule has 1 aliphatic heterocycles. The van der Waals surface area contributed by atoms with E-state index in [0.29, 0.717) is 6.10 Å². The fourth-order valence-corrected chi connectivity index (χ4v) is 2.10. The number of hydrogen-bond acceptors (Lipinski definition) is 2. The van der Waals surface area contributed by atoms with E-state index in [9.17, 15) is 0 Å². The molecule has 1 aliphatic rings. The quantitative estimate of drug-likeness (QED) is 0.626. The van der Waals surface area contributed by atoms with Crippen LogP contribution >= 0.6 is 0 Å². The zero-order chi connectivity index (χ0) is 9.14. The molecule has 2 atom stereocenters. The fraction of sp³-hybridized carbons (Fsp3) is 1.00. The zero-order valence-electron chi connectivity index (χ0n) is 8.71. The van der Waals surface area contributed by atoms with E-state index in [-0.39, 0.29) is 0 Å². The highest BCUT2D eigenvalue weighted by Crippen LogP contribution is 2.25. The molecule has 0 aromatic heterocycles. The van der Waals surface area contributed by atoms with Crippen molar-refractivity contribution in [3.8, 4) is 0 Å². The van der Waals surface area contributed by atoms with Crippen molar-refractivity contribution in [3.05, 3.63) is 0 Å². The Hall–Kier alpha value is -0.0800. The molecule has 2 nitrogen and oxygen atoms in total. The van der Waals surface area contributed by atoms with Crippen molar-refractivity contribution in [2.24, 2.45) is 11.8 Å². The van der Waals surface area contributed by atoms with E-state index in [1.165, 1.54) is 13.0 Å². The van der Waals surface area contributed by atoms with Crippen LogP contribution in [-0.2, 0) is 4.74 Å². The van der Waals surface area contributed by atoms with Gasteiger partial charge in [0.25, 0.3) is 0 Å². The first-order valence-corrected chi connectivity index (χ1v) is 4.86. The van der Waals surface area contributed by atoms with Crippen LogP contribution in [0, 0.1) is 11.8 Å². The standard InChI is InChI=1S/C10H21NO/c1-8(2)9-5-6-11(3)7-10(9)12-4/h8-10H,5-7H2,1-4H3. The zero-order valence-corrected chi connectivity index (χ0v) is 8.71. The second-order valence-electron chi connectivity index (χ2n) is 4.23. The molecule has 0 aromatic carbocycles. The number of rotatable bonds is 2. The summed E-state index contributed by atoms with van der Waals surface area (Å²) in [6.45, 7) is 6.91. The average Bonchev–Trinajstić information content (AvgIpc) is 2.03. The molecule has 0 saturated carbocycles. The lowest BCUT2D eigenvalue weighted by molar-refractivity contribution is -0.0198. The van der Waals surface area contributed by atoms with E-state index in [0.717, 1.165) is 18.4 Å². The molecule has 0 amide bonds. The average molecular weight is 171 g/mol. The summed E-state index contributed by atoms with van der Waals surface area (Å²) in [6, 6.07) is 0. The minimum absolute atomic E-state index is 0.448. The Morgan fingerprint density at radius 2 is 2.08 bits per heavy atom. The summed E-state index contributed by atoms with van der Waals surface area (Å²) < 4.78 is 5.49. The highest BCUT2D eigenvalue weighted by atomic mass is 16.5. The van der Waals surface area contributed by atoms with Gasteiger partial charge in [-0.15, -0.1) is 0 Å². The molecule has 0 radical (unpaired) electrons. The summed E-state index contributed by atoms with van der Waals surface area (Å²) in [5, 5.41) is 0. The van der Waals surface area contributed by atoms with E-state index in [1.54, 1.807) is 0 Å². The molecule has 72 valence electrons. The molecule has 1 rings (SSSR count).